The minimum absolute atomic E-state index is 0.156. The van der Waals surface area contributed by atoms with Crippen molar-refractivity contribution in [1.29, 1.82) is 0 Å². The van der Waals surface area contributed by atoms with E-state index in [1.54, 1.807) is 0 Å². The maximum atomic E-state index is 9.77. The molecule has 17 heavy (non-hydrogen) atoms. The van der Waals surface area contributed by atoms with Gasteiger partial charge in [0.2, 0.25) is 0 Å². The molecule has 1 saturated carbocycles. The van der Waals surface area contributed by atoms with E-state index in [2.05, 4.69) is 22.4 Å². The zero-order valence-corrected chi connectivity index (χ0v) is 9.63. The number of fused-ring (bicyclic) bond motifs is 1. The van der Waals surface area contributed by atoms with Crippen LogP contribution >= 0.6 is 0 Å². The van der Waals surface area contributed by atoms with Crippen molar-refractivity contribution in [2.75, 3.05) is 5.32 Å². The Bertz CT molecular complexity index is 526. The molecule has 2 atom stereocenters. The molecule has 1 aromatic heterocycles. The van der Waals surface area contributed by atoms with Crippen LogP contribution in [0.5, 0.6) is 0 Å². The fraction of sp³-hybridized carbons (Fsp3) is 0.357. The van der Waals surface area contributed by atoms with Gasteiger partial charge >= 0.3 is 0 Å². The van der Waals surface area contributed by atoms with E-state index < -0.39 is 0 Å². The number of hydrogen-bond donors (Lipinski definition) is 2. The number of nitrogens with one attached hydrogen (secondary N) is 1. The van der Waals surface area contributed by atoms with Gasteiger partial charge in [-0.05, 0) is 37.5 Å². The van der Waals surface area contributed by atoms with Crippen molar-refractivity contribution in [1.82, 2.24) is 4.98 Å². The molecule has 1 fully saturated rings. The first kappa shape index (κ1) is 10.5. The number of hydrogen-bond acceptors (Lipinski definition) is 3. The summed E-state index contributed by atoms with van der Waals surface area (Å²) in [4.78, 5) is 4.55. The normalized spacial score (nSPS) is 24.1. The standard InChI is InChI=1S/C14H16N2O/c17-13-7-3-6-12(13)16-14-9-8-10-4-1-2-5-11(10)15-14/h1-2,4-5,8-9,12-13,17H,3,6-7H2,(H,15,16)/t12-,13+/m0/s1. The quantitative estimate of drug-likeness (QED) is 0.830. The highest BCUT2D eigenvalue weighted by Crippen LogP contribution is 2.23. The van der Waals surface area contributed by atoms with Crippen LogP contribution in [0.3, 0.4) is 0 Å². The topological polar surface area (TPSA) is 45.1 Å². The van der Waals surface area contributed by atoms with Crippen molar-refractivity contribution in [3.63, 3.8) is 0 Å². The smallest absolute Gasteiger partial charge is 0.126 e. The Kier molecular flexibility index (Phi) is 2.69. The lowest BCUT2D eigenvalue weighted by atomic mass is 10.2. The van der Waals surface area contributed by atoms with Gasteiger partial charge in [-0.15, -0.1) is 0 Å². The summed E-state index contributed by atoms with van der Waals surface area (Å²) < 4.78 is 0. The van der Waals surface area contributed by atoms with Gasteiger partial charge in [-0.1, -0.05) is 18.2 Å². The molecule has 3 nitrogen and oxygen atoms in total. The number of nitrogens with zero attached hydrogens (tertiary/aromatic N) is 1. The minimum atomic E-state index is -0.233. The predicted octanol–water partition coefficient (Wildman–Crippen LogP) is 2.56. The zero-order valence-electron chi connectivity index (χ0n) is 9.63. The highest BCUT2D eigenvalue weighted by Gasteiger charge is 2.25. The lowest BCUT2D eigenvalue weighted by Crippen LogP contribution is -2.28. The van der Waals surface area contributed by atoms with E-state index in [0.29, 0.717) is 0 Å². The highest BCUT2D eigenvalue weighted by molar-refractivity contribution is 5.80. The van der Waals surface area contributed by atoms with Gasteiger partial charge in [-0.2, -0.15) is 0 Å². The molecule has 0 radical (unpaired) electrons. The first-order valence-electron chi connectivity index (χ1n) is 6.13. The van der Waals surface area contributed by atoms with Crippen LogP contribution in [0.25, 0.3) is 10.9 Å². The first-order valence-corrected chi connectivity index (χ1v) is 6.13. The number of pyridine rings is 1. The first-order chi connectivity index (χ1) is 8.33. The van der Waals surface area contributed by atoms with Crippen molar-refractivity contribution < 1.29 is 5.11 Å². The molecule has 0 unspecified atom stereocenters. The number of aliphatic hydroxyl groups excluding tert-OH is 1. The number of aromatic nitrogens is 1. The zero-order chi connectivity index (χ0) is 11.7. The fourth-order valence-electron chi connectivity index (χ4n) is 2.45. The maximum Gasteiger partial charge on any atom is 0.126 e. The van der Waals surface area contributed by atoms with Gasteiger partial charge in [0.15, 0.2) is 0 Å². The molecule has 1 aromatic carbocycles. The summed E-state index contributed by atoms with van der Waals surface area (Å²) in [5.74, 6) is 0.856. The highest BCUT2D eigenvalue weighted by atomic mass is 16.3. The Hall–Kier alpha value is -1.61. The second-order valence-electron chi connectivity index (χ2n) is 4.64. The van der Waals surface area contributed by atoms with Gasteiger partial charge in [-0.3, -0.25) is 0 Å². The molecule has 3 heteroatoms. The SMILES string of the molecule is O[C@@H]1CCC[C@@H]1Nc1ccc2ccccc2n1. The van der Waals surface area contributed by atoms with Gasteiger partial charge in [-0.25, -0.2) is 4.98 Å². The third-order valence-corrected chi connectivity index (χ3v) is 3.41. The summed E-state index contributed by atoms with van der Waals surface area (Å²) in [6.07, 6.45) is 2.77. The number of benzene rings is 1. The summed E-state index contributed by atoms with van der Waals surface area (Å²) in [6.45, 7) is 0. The molecule has 0 amide bonds. The number of para-hydroxylation sites is 1. The van der Waals surface area contributed by atoms with Crippen molar-refractivity contribution in [3.8, 4) is 0 Å². The predicted molar refractivity (Wildman–Crippen MR) is 69.0 cm³/mol. The molecule has 2 aromatic rings. The van der Waals surface area contributed by atoms with Gasteiger partial charge in [0.05, 0.1) is 17.7 Å². The molecule has 3 rings (SSSR count). The average Bonchev–Trinajstić information content (AvgIpc) is 2.75. The Morgan fingerprint density at radius 2 is 2.00 bits per heavy atom. The minimum Gasteiger partial charge on any atom is -0.391 e. The summed E-state index contributed by atoms with van der Waals surface area (Å²) >= 11 is 0. The molecule has 1 heterocycles. The number of anilines is 1. The Balaban J connectivity index is 1.85. The van der Waals surface area contributed by atoms with Crippen molar-refractivity contribution in [2.24, 2.45) is 0 Å². The van der Waals surface area contributed by atoms with E-state index >= 15 is 0 Å². The molecule has 2 N–H and O–H groups in total. The molecule has 88 valence electrons. The second kappa shape index (κ2) is 4.34. The Labute approximate surface area is 100 Å². The van der Waals surface area contributed by atoms with Crippen LogP contribution in [0.4, 0.5) is 5.82 Å². The summed E-state index contributed by atoms with van der Waals surface area (Å²) in [5, 5.41) is 14.2. The van der Waals surface area contributed by atoms with E-state index in [0.717, 1.165) is 36.0 Å². The Morgan fingerprint density at radius 1 is 1.12 bits per heavy atom. The van der Waals surface area contributed by atoms with Crippen molar-refractivity contribution >= 4 is 16.7 Å². The van der Waals surface area contributed by atoms with Crippen LogP contribution in [0.1, 0.15) is 19.3 Å². The van der Waals surface area contributed by atoms with Crippen LogP contribution in [0.2, 0.25) is 0 Å². The number of aliphatic hydroxyl groups is 1. The molecule has 0 saturated heterocycles. The van der Waals surface area contributed by atoms with E-state index in [-0.39, 0.29) is 12.1 Å². The van der Waals surface area contributed by atoms with Gasteiger partial charge < -0.3 is 10.4 Å². The van der Waals surface area contributed by atoms with E-state index in [4.69, 9.17) is 0 Å². The third-order valence-electron chi connectivity index (χ3n) is 3.41. The van der Waals surface area contributed by atoms with Gasteiger partial charge in [0.25, 0.3) is 0 Å². The fourth-order valence-corrected chi connectivity index (χ4v) is 2.45. The molecule has 0 aliphatic heterocycles. The summed E-state index contributed by atoms with van der Waals surface area (Å²) in [6, 6.07) is 12.3. The molecular formula is C14H16N2O. The van der Waals surface area contributed by atoms with Crippen molar-refractivity contribution in [2.45, 2.75) is 31.4 Å². The lowest BCUT2D eigenvalue weighted by molar-refractivity contribution is 0.171. The Morgan fingerprint density at radius 3 is 2.82 bits per heavy atom. The summed E-state index contributed by atoms with van der Waals surface area (Å²) in [5.41, 5.74) is 0.991. The molecular weight excluding hydrogens is 212 g/mol. The van der Waals surface area contributed by atoms with E-state index in [1.807, 2.05) is 24.3 Å². The average molecular weight is 228 g/mol. The molecule has 1 aliphatic carbocycles. The van der Waals surface area contributed by atoms with Crippen LogP contribution in [-0.4, -0.2) is 22.2 Å². The van der Waals surface area contributed by atoms with Gasteiger partial charge in [0, 0.05) is 5.39 Å². The monoisotopic (exact) mass is 228 g/mol. The van der Waals surface area contributed by atoms with Gasteiger partial charge in [0.1, 0.15) is 5.82 Å². The molecule has 1 aliphatic rings. The third kappa shape index (κ3) is 2.11. The summed E-state index contributed by atoms with van der Waals surface area (Å²) in [7, 11) is 0. The van der Waals surface area contributed by atoms with Crippen LogP contribution in [0, 0.1) is 0 Å². The van der Waals surface area contributed by atoms with Crippen LogP contribution in [-0.2, 0) is 0 Å². The lowest BCUT2D eigenvalue weighted by Gasteiger charge is -2.17. The largest absolute Gasteiger partial charge is 0.391 e. The molecule has 0 bridgehead atoms. The number of rotatable bonds is 2. The molecule has 0 spiro atoms. The van der Waals surface area contributed by atoms with E-state index in [9.17, 15) is 5.11 Å². The maximum absolute atomic E-state index is 9.77. The van der Waals surface area contributed by atoms with Crippen LogP contribution < -0.4 is 5.32 Å². The second-order valence-corrected chi connectivity index (χ2v) is 4.64. The van der Waals surface area contributed by atoms with Crippen LogP contribution in [0.15, 0.2) is 36.4 Å². The van der Waals surface area contributed by atoms with Crippen molar-refractivity contribution in [3.05, 3.63) is 36.4 Å². The van der Waals surface area contributed by atoms with E-state index in [1.165, 1.54) is 0 Å².